The van der Waals surface area contributed by atoms with Crippen molar-refractivity contribution in [2.75, 3.05) is 25.0 Å². The number of carboxylic acid groups (broad SMARTS) is 1. The van der Waals surface area contributed by atoms with Crippen molar-refractivity contribution in [3.8, 4) is 0 Å². The van der Waals surface area contributed by atoms with Crippen molar-refractivity contribution in [2.24, 2.45) is 5.92 Å². The number of nitrogens with zero attached hydrogens (tertiary/aromatic N) is 1. The van der Waals surface area contributed by atoms with Crippen LogP contribution in [-0.4, -0.2) is 41.5 Å². The second kappa shape index (κ2) is 8.58. The molecule has 122 valence electrons. The van der Waals surface area contributed by atoms with Crippen LogP contribution in [0, 0.1) is 5.92 Å². The highest BCUT2D eigenvalue weighted by molar-refractivity contribution is 6.35. The lowest BCUT2D eigenvalue weighted by atomic mass is 10.1. The van der Waals surface area contributed by atoms with Gasteiger partial charge in [-0.1, -0.05) is 23.2 Å². The molecule has 0 saturated carbocycles. The van der Waals surface area contributed by atoms with Gasteiger partial charge in [-0.2, -0.15) is 0 Å². The van der Waals surface area contributed by atoms with Gasteiger partial charge in [0.15, 0.2) is 0 Å². The minimum Gasteiger partial charge on any atom is -0.481 e. The number of amides is 1. The van der Waals surface area contributed by atoms with Gasteiger partial charge >= 0.3 is 5.97 Å². The number of aliphatic carboxylic acids is 1. The number of carbonyl (C=O) groups excluding carboxylic acids is 1. The summed E-state index contributed by atoms with van der Waals surface area (Å²) in [5.74, 6) is -1.26. The quantitative estimate of drug-likeness (QED) is 0.839. The standard InChI is InChI=1S/C14H16Cl2N2O3.ClH/c15-10-1-2-11(16)12(7-10)17-13(19)4-6-18-5-3-9(8-18)14(20)21;/h1-2,7,9H,3-6,8H2,(H,17,19)(H,20,21);1H. The zero-order valence-electron chi connectivity index (χ0n) is 11.7. The molecule has 0 aromatic heterocycles. The van der Waals surface area contributed by atoms with Crippen LogP contribution < -0.4 is 5.32 Å². The maximum Gasteiger partial charge on any atom is 0.307 e. The van der Waals surface area contributed by atoms with Crippen LogP contribution in [0.5, 0.6) is 0 Å². The van der Waals surface area contributed by atoms with E-state index in [9.17, 15) is 9.59 Å². The van der Waals surface area contributed by atoms with Crippen LogP contribution in [0.1, 0.15) is 12.8 Å². The second-order valence-corrected chi connectivity index (χ2v) is 5.89. The first-order valence-electron chi connectivity index (χ1n) is 6.66. The number of halogens is 3. The molecule has 1 unspecified atom stereocenters. The van der Waals surface area contributed by atoms with Gasteiger partial charge in [-0.3, -0.25) is 9.59 Å². The molecule has 0 aliphatic carbocycles. The minimum atomic E-state index is -0.771. The van der Waals surface area contributed by atoms with Crippen molar-refractivity contribution in [2.45, 2.75) is 12.8 Å². The summed E-state index contributed by atoms with van der Waals surface area (Å²) in [7, 11) is 0. The van der Waals surface area contributed by atoms with Crippen LogP contribution in [0.4, 0.5) is 5.69 Å². The summed E-state index contributed by atoms with van der Waals surface area (Å²) in [6.45, 7) is 1.75. The smallest absolute Gasteiger partial charge is 0.307 e. The number of hydrogen-bond donors (Lipinski definition) is 2. The van der Waals surface area contributed by atoms with Crippen LogP contribution >= 0.6 is 35.6 Å². The summed E-state index contributed by atoms with van der Waals surface area (Å²) in [5, 5.41) is 12.6. The molecule has 0 spiro atoms. The summed E-state index contributed by atoms with van der Waals surface area (Å²) >= 11 is 11.8. The SMILES string of the molecule is Cl.O=C(CCN1CCC(C(=O)O)C1)Nc1cc(Cl)ccc1Cl. The molecule has 5 nitrogen and oxygen atoms in total. The number of rotatable bonds is 5. The molecule has 1 aliphatic rings. The van der Waals surface area contributed by atoms with E-state index >= 15 is 0 Å². The molecule has 2 rings (SSSR count). The topological polar surface area (TPSA) is 69.6 Å². The third kappa shape index (κ3) is 5.32. The number of carbonyl (C=O) groups is 2. The van der Waals surface area contributed by atoms with Crippen molar-refractivity contribution >= 4 is 53.2 Å². The molecule has 0 radical (unpaired) electrons. The highest BCUT2D eigenvalue weighted by Gasteiger charge is 2.27. The molecule has 1 fully saturated rings. The highest BCUT2D eigenvalue weighted by Crippen LogP contribution is 2.25. The minimum absolute atomic E-state index is 0. The van der Waals surface area contributed by atoms with Crippen molar-refractivity contribution < 1.29 is 14.7 Å². The molecular formula is C14H17Cl3N2O3. The zero-order valence-corrected chi connectivity index (χ0v) is 14.0. The Morgan fingerprint density at radius 3 is 2.73 bits per heavy atom. The van der Waals surface area contributed by atoms with E-state index in [4.69, 9.17) is 28.3 Å². The van der Waals surface area contributed by atoms with Gasteiger partial charge in [0.05, 0.1) is 16.6 Å². The van der Waals surface area contributed by atoms with E-state index in [-0.39, 0.29) is 30.7 Å². The lowest BCUT2D eigenvalue weighted by molar-refractivity contribution is -0.141. The highest BCUT2D eigenvalue weighted by atomic mass is 35.5. The number of anilines is 1. The van der Waals surface area contributed by atoms with Gasteiger partial charge in [-0.15, -0.1) is 12.4 Å². The van der Waals surface area contributed by atoms with Gasteiger partial charge in [0.2, 0.25) is 5.91 Å². The molecule has 22 heavy (non-hydrogen) atoms. The monoisotopic (exact) mass is 366 g/mol. The molecule has 8 heteroatoms. The van der Waals surface area contributed by atoms with Crippen LogP contribution in [0.2, 0.25) is 10.0 Å². The van der Waals surface area contributed by atoms with E-state index in [1.807, 2.05) is 4.90 Å². The molecule has 1 atom stereocenters. The number of hydrogen-bond acceptors (Lipinski definition) is 3. The fourth-order valence-corrected chi connectivity index (χ4v) is 2.64. The van der Waals surface area contributed by atoms with E-state index in [1.165, 1.54) is 0 Å². The fraction of sp³-hybridized carbons (Fsp3) is 0.429. The van der Waals surface area contributed by atoms with Gasteiger partial charge in [0, 0.05) is 24.5 Å². The molecule has 1 saturated heterocycles. The molecule has 0 bridgehead atoms. The van der Waals surface area contributed by atoms with Crippen LogP contribution in [0.15, 0.2) is 18.2 Å². The third-order valence-corrected chi connectivity index (χ3v) is 4.04. The number of likely N-dealkylation sites (tertiary alicyclic amines) is 1. The van der Waals surface area contributed by atoms with Crippen LogP contribution in [0.3, 0.4) is 0 Å². The van der Waals surface area contributed by atoms with Crippen molar-refractivity contribution in [3.05, 3.63) is 28.2 Å². The zero-order chi connectivity index (χ0) is 15.4. The molecule has 1 aromatic rings. The van der Waals surface area contributed by atoms with Crippen LogP contribution in [-0.2, 0) is 9.59 Å². The first-order chi connectivity index (χ1) is 9.95. The van der Waals surface area contributed by atoms with E-state index in [2.05, 4.69) is 5.32 Å². The molecule has 1 aromatic carbocycles. The van der Waals surface area contributed by atoms with Crippen molar-refractivity contribution in [1.82, 2.24) is 4.90 Å². The maximum absolute atomic E-state index is 11.9. The normalized spacial score (nSPS) is 17.8. The molecule has 1 amide bonds. The Bertz CT molecular complexity index is 554. The Morgan fingerprint density at radius 2 is 2.09 bits per heavy atom. The van der Waals surface area contributed by atoms with Crippen molar-refractivity contribution in [3.63, 3.8) is 0 Å². The molecule has 1 aliphatic heterocycles. The Hall–Kier alpha value is -1.01. The van der Waals surface area contributed by atoms with E-state index in [1.54, 1.807) is 18.2 Å². The fourth-order valence-electron chi connectivity index (χ4n) is 2.30. The largest absolute Gasteiger partial charge is 0.481 e. The molecule has 2 N–H and O–H groups in total. The Morgan fingerprint density at radius 1 is 1.36 bits per heavy atom. The maximum atomic E-state index is 11.9. The lowest BCUT2D eigenvalue weighted by Crippen LogP contribution is -2.27. The van der Waals surface area contributed by atoms with E-state index in [0.29, 0.717) is 41.8 Å². The van der Waals surface area contributed by atoms with Gasteiger partial charge in [-0.25, -0.2) is 0 Å². The van der Waals surface area contributed by atoms with Crippen molar-refractivity contribution in [1.29, 1.82) is 0 Å². The van der Waals surface area contributed by atoms with Crippen LogP contribution in [0.25, 0.3) is 0 Å². The summed E-state index contributed by atoms with van der Waals surface area (Å²) in [6, 6.07) is 4.87. The Kier molecular flexibility index (Phi) is 7.42. The predicted octanol–water partition coefficient (Wildman–Crippen LogP) is 3.15. The molecular weight excluding hydrogens is 351 g/mol. The third-order valence-electron chi connectivity index (χ3n) is 3.48. The van der Waals surface area contributed by atoms with Gasteiger partial charge in [0.1, 0.15) is 0 Å². The van der Waals surface area contributed by atoms with E-state index in [0.717, 1.165) is 0 Å². The number of carboxylic acids is 1. The lowest BCUT2D eigenvalue weighted by Gasteiger charge is -2.15. The summed E-state index contributed by atoms with van der Waals surface area (Å²) < 4.78 is 0. The Balaban J connectivity index is 0.00000242. The van der Waals surface area contributed by atoms with Gasteiger partial charge < -0.3 is 15.3 Å². The second-order valence-electron chi connectivity index (χ2n) is 5.05. The summed E-state index contributed by atoms with van der Waals surface area (Å²) in [6.07, 6.45) is 0.923. The summed E-state index contributed by atoms with van der Waals surface area (Å²) in [4.78, 5) is 24.7. The summed E-state index contributed by atoms with van der Waals surface area (Å²) in [5.41, 5.74) is 0.485. The predicted molar refractivity (Wildman–Crippen MR) is 89.1 cm³/mol. The number of nitrogens with one attached hydrogen (secondary N) is 1. The van der Waals surface area contributed by atoms with Gasteiger partial charge in [0.25, 0.3) is 0 Å². The first kappa shape index (κ1) is 19.0. The van der Waals surface area contributed by atoms with E-state index < -0.39 is 5.97 Å². The van der Waals surface area contributed by atoms with Gasteiger partial charge in [-0.05, 0) is 31.2 Å². The Labute approximate surface area is 145 Å². The average Bonchev–Trinajstić information content (AvgIpc) is 2.90. The molecule has 1 heterocycles. The average molecular weight is 368 g/mol. The first-order valence-corrected chi connectivity index (χ1v) is 7.41. The number of benzene rings is 1.